The highest BCUT2D eigenvalue weighted by Crippen LogP contribution is 2.43. The summed E-state index contributed by atoms with van der Waals surface area (Å²) in [6, 6.07) is 9.25. The molecule has 524 valence electrons. The highest BCUT2D eigenvalue weighted by molar-refractivity contribution is 5.72. The fraction of sp³-hybridized carbons (Fsp3) is 0.712. The SMILES string of the molecule is CCO[C@@H]1CNCC2(CCC2)NC(C)[C@H](C2CCCCC2)N2C(C)[C@@H](C)C2CNC(C)[C@H](CC(C)C)NC[C@H]([C@@H](C)CC)NC(C)[C@H](C)N2CCCC2=CN(CC)C(Cc2ccc(C(F)(F)F)cc2)=CN(C)C=CNC(CCc2cc(F)c(C(F)(F)F)c(F)c2)=CC=N1. The number of hydrogen-bond acceptors (Lipinski definition) is 12. The molecule has 2 saturated carbocycles. The minimum Gasteiger partial charge on any atom is -0.369 e. The zero-order valence-corrected chi connectivity index (χ0v) is 58.2. The van der Waals surface area contributed by atoms with Gasteiger partial charge < -0.3 is 51.3 Å². The molecule has 93 heavy (non-hydrogen) atoms. The van der Waals surface area contributed by atoms with Crippen molar-refractivity contribution < 1.29 is 39.9 Å². The van der Waals surface area contributed by atoms with Gasteiger partial charge in [0.15, 0.2) is 6.23 Å². The second-order valence-electron chi connectivity index (χ2n) is 28.4. The van der Waals surface area contributed by atoms with Gasteiger partial charge in [-0.1, -0.05) is 72.4 Å². The van der Waals surface area contributed by atoms with Crippen LogP contribution in [0.25, 0.3) is 0 Å². The summed E-state index contributed by atoms with van der Waals surface area (Å²) in [4.78, 5) is 14.3. The van der Waals surface area contributed by atoms with Crippen LogP contribution in [0.3, 0.4) is 0 Å². The van der Waals surface area contributed by atoms with Gasteiger partial charge in [0.1, 0.15) is 17.2 Å². The molecular weight excluding hydrogens is 1200 g/mol. The Kier molecular flexibility index (Phi) is 28.6. The average Bonchev–Trinajstić information content (AvgIpc) is 0.944. The first-order valence-corrected chi connectivity index (χ1v) is 35.3. The molecule has 2 aromatic rings. The molecule has 0 radical (unpaired) electrons. The Bertz CT molecular complexity index is 2740. The molecule has 0 bridgehead atoms. The number of aliphatic imine (C=N–C) groups is 1. The maximum Gasteiger partial charge on any atom is 0.422 e. The van der Waals surface area contributed by atoms with E-state index in [0.717, 1.165) is 101 Å². The van der Waals surface area contributed by atoms with E-state index in [1.54, 1.807) is 24.7 Å². The molecule has 6 N–H and O–H groups in total. The summed E-state index contributed by atoms with van der Waals surface area (Å²) in [6.45, 7) is 32.4. The average molecular weight is 1310 g/mol. The van der Waals surface area contributed by atoms with Crippen molar-refractivity contribution in [1.29, 1.82) is 0 Å². The van der Waals surface area contributed by atoms with Gasteiger partial charge in [0.25, 0.3) is 0 Å². The molecule has 3 heterocycles. The summed E-state index contributed by atoms with van der Waals surface area (Å²) in [5.74, 6) is -1.27. The summed E-state index contributed by atoms with van der Waals surface area (Å²) in [5, 5.41) is 23.8. The molecule has 2 aliphatic carbocycles. The summed E-state index contributed by atoms with van der Waals surface area (Å²) in [6.07, 6.45) is 14.7. The number of alkyl halides is 6. The van der Waals surface area contributed by atoms with Crippen LogP contribution in [-0.4, -0.2) is 145 Å². The summed E-state index contributed by atoms with van der Waals surface area (Å²) in [5.41, 5.74) is 0.572. The van der Waals surface area contributed by atoms with Crippen LogP contribution in [0.15, 0.2) is 89.4 Å². The van der Waals surface area contributed by atoms with E-state index in [1.165, 1.54) is 49.9 Å². The van der Waals surface area contributed by atoms with E-state index < -0.39 is 41.3 Å². The van der Waals surface area contributed by atoms with E-state index in [4.69, 9.17) is 9.73 Å². The Morgan fingerprint density at radius 3 is 2.08 bits per heavy atom. The molecule has 1 spiro atoms. The van der Waals surface area contributed by atoms with Crippen LogP contribution in [0.4, 0.5) is 35.1 Å². The molecule has 5 aliphatic rings. The molecule has 0 amide bonds. The van der Waals surface area contributed by atoms with E-state index in [2.05, 4.69) is 129 Å². The summed E-state index contributed by atoms with van der Waals surface area (Å²) in [7, 11) is 1.85. The van der Waals surface area contributed by atoms with Crippen molar-refractivity contribution in [2.45, 2.75) is 258 Å². The van der Waals surface area contributed by atoms with E-state index in [0.29, 0.717) is 79.2 Å². The van der Waals surface area contributed by atoms with Gasteiger partial charge in [-0.2, -0.15) is 26.3 Å². The van der Waals surface area contributed by atoms with Crippen molar-refractivity contribution in [2.24, 2.45) is 28.7 Å². The lowest BCUT2D eigenvalue weighted by Crippen LogP contribution is -2.74. The van der Waals surface area contributed by atoms with Crippen molar-refractivity contribution in [3.05, 3.63) is 118 Å². The molecule has 12 atom stereocenters. The number of nitrogens with one attached hydrogen (secondary N) is 6. The Balaban J connectivity index is 1.24. The Morgan fingerprint density at radius 2 is 1.46 bits per heavy atom. The van der Waals surface area contributed by atoms with Crippen LogP contribution in [-0.2, 0) is 29.9 Å². The van der Waals surface area contributed by atoms with Gasteiger partial charge in [0.05, 0.1) is 5.56 Å². The number of likely N-dealkylation sites (N-methyl/N-ethyl adjacent to an activating group) is 1. The number of hydrogen-bond donors (Lipinski definition) is 6. The zero-order chi connectivity index (χ0) is 67.8. The minimum absolute atomic E-state index is 0.00335. The number of nitrogens with zero attached hydrogens (tertiary/aromatic N) is 5. The Labute approximate surface area is 553 Å². The molecular formula is C73H115F8N11O. The molecule has 7 rings (SSSR count). The number of allylic oxidation sites excluding steroid dienone is 4. The van der Waals surface area contributed by atoms with E-state index in [9.17, 15) is 35.1 Å². The lowest BCUT2D eigenvalue weighted by molar-refractivity contribution is -0.142. The molecule has 12 nitrogen and oxygen atoms in total. The van der Waals surface area contributed by atoms with Crippen molar-refractivity contribution in [2.75, 3.05) is 52.9 Å². The molecule has 2 saturated heterocycles. The number of halogens is 8. The quantitative estimate of drug-likeness (QED) is 0.108. The van der Waals surface area contributed by atoms with Gasteiger partial charge in [0, 0.05) is 167 Å². The second-order valence-corrected chi connectivity index (χ2v) is 28.4. The number of fused-ring (bicyclic) bond motifs is 2. The monoisotopic (exact) mass is 1310 g/mol. The van der Waals surface area contributed by atoms with Gasteiger partial charge in [-0.05, 0) is 178 Å². The third-order valence-electron chi connectivity index (χ3n) is 21.2. The van der Waals surface area contributed by atoms with Crippen LogP contribution in [0.1, 0.15) is 189 Å². The normalized spacial score (nSPS) is 29.1. The van der Waals surface area contributed by atoms with Gasteiger partial charge in [0.2, 0.25) is 0 Å². The zero-order valence-electron chi connectivity index (χ0n) is 58.2. The number of aryl methyl sites for hydroxylation is 1. The van der Waals surface area contributed by atoms with E-state index in [-0.39, 0.29) is 60.2 Å². The van der Waals surface area contributed by atoms with Crippen molar-refractivity contribution >= 4 is 6.21 Å². The molecule has 3 aliphatic heterocycles. The van der Waals surface area contributed by atoms with Crippen LogP contribution in [0.5, 0.6) is 0 Å². The Morgan fingerprint density at radius 1 is 0.763 bits per heavy atom. The molecule has 20 heteroatoms. The standard InChI is InChI=1S/C73H115F8N11O/c1-14-49(6)66-42-86-65(38-48(4)5)52(9)85-43-67-50(7)54(11)92(67)70(58-22-18-17-19-23-58)53(10)88-71(32-21-33-71)47-82-44-68(93-16-3)84-34-31-60(30-27-57-40-63(74)69(64(75)41-57)73(79,80)81)83-35-37-89(13)45-62(39-56-25-28-59(29-26-56)72(76,77)78)90(15-2)46-61-24-20-36-91(61)55(12)51(8)87-66/h25-26,28-29,31,34-35,37,40-41,45-46,48-55,58,65-68,70,82-83,85-88H,14-24,27,30,32-33,36,38-39,42-44,47H2,1-13H3/t49-,50+,51?,52?,53?,54?,55-,65-,66+,67?,68+,70+/m0/s1. The maximum atomic E-state index is 14.9. The summed E-state index contributed by atoms with van der Waals surface area (Å²) >= 11 is 0. The van der Waals surface area contributed by atoms with Crippen LogP contribution in [0.2, 0.25) is 0 Å². The van der Waals surface area contributed by atoms with Gasteiger partial charge in [-0.15, -0.1) is 0 Å². The lowest BCUT2D eigenvalue weighted by atomic mass is 9.71. The van der Waals surface area contributed by atoms with Crippen LogP contribution in [0, 0.1) is 35.3 Å². The smallest absolute Gasteiger partial charge is 0.369 e. The number of benzene rings is 2. The first-order valence-electron chi connectivity index (χ1n) is 35.3. The molecule has 4 fully saturated rings. The van der Waals surface area contributed by atoms with Crippen LogP contribution >= 0.6 is 0 Å². The molecule has 5 unspecified atom stereocenters. The van der Waals surface area contributed by atoms with Crippen molar-refractivity contribution in [3.8, 4) is 0 Å². The maximum absolute atomic E-state index is 14.9. The fourth-order valence-corrected chi connectivity index (χ4v) is 15.1. The second kappa shape index (κ2) is 35.1. The largest absolute Gasteiger partial charge is 0.422 e. The highest BCUT2D eigenvalue weighted by atomic mass is 19.4. The highest BCUT2D eigenvalue weighted by Gasteiger charge is 2.51. The predicted molar refractivity (Wildman–Crippen MR) is 362 cm³/mol. The van der Waals surface area contributed by atoms with E-state index in [1.807, 2.05) is 25.1 Å². The lowest BCUT2D eigenvalue weighted by Gasteiger charge is -2.61. The first-order chi connectivity index (χ1) is 44.1. The number of rotatable bonds is 13. The predicted octanol–water partition coefficient (Wildman–Crippen LogP) is 14.5. The van der Waals surface area contributed by atoms with Gasteiger partial charge in [-0.25, -0.2) is 8.78 Å². The molecule has 2 aromatic carbocycles. The molecule has 0 aromatic heterocycles. The topological polar surface area (TPSA) is 107 Å². The van der Waals surface area contributed by atoms with E-state index >= 15 is 0 Å². The van der Waals surface area contributed by atoms with Gasteiger partial charge >= 0.3 is 12.4 Å². The van der Waals surface area contributed by atoms with Crippen molar-refractivity contribution in [3.63, 3.8) is 0 Å². The fourth-order valence-electron chi connectivity index (χ4n) is 15.1. The summed E-state index contributed by atoms with van der Waals surface area (Å²) < 4.78 is 118. The van der Waals surface area contributed by atoms with Crippen molar-refractivity contribution in [1.82, 2.24) is 51.5 Å². The first kappa shape index (κ1) is 75.8. The third kappa shape index (κ3) is 21.2. The Hall–Kier alpha value is -4.57. The third-order valence-corrected chi connectivity index (χ3v) is 21.2. The number of ether oxygens (including phenoxy) is 1. The van der Waals surface area contributed by atoms with Gasteiger partial charge in [-0.3, -0.25) is 9.89 Å². The van der Waals surface area contributed by atoms with Crippen LogP contribution < -0.4 is 31.9 Å². The minimum atomic E-state index is -5.20.